The van der Waals surface area contributed by atoms with Gasteiger partial charge >= 0.3 is 11.9 Å². The molecule has 0 amide bonds. The van der Waals surface area contributed by atoms with Crippen LogP contribution in [0.2, 0.25) is 0 Å². The average molecular weight is 216 g/mol. The fourth-order valence-corrected chi connectivity index (χ4v) is 0.940. The summed E-state index contributed by atoms with van der Waals surface area (Å²) in [6, 6.07) is 0. The van der Waals surface area contributed by atoms with Crippen LogP contribution in [0.25, 0.3) is 0 Å². The number of esters is 2. The van der Waals surface area contributed by atoms with Crippen molar-refractivity contribution in [2.24, 2.45) is 0 Å². The van der Waals surface area contributed by atoms with Crippen LogP contribution in [-0.2, 0) is 23.9 Å². The van der Waals surface area contributed by atoms with E-state index in [0.717, 1.165) is 0 Å². The molecule has 0 aromatic rings. The second-order valence-corrected chi connectivity index (χ2v) is 2.80. The molecule has 0 atom stereocenters. The number of carbonyl (C=O) groups is 3. The van der Waals surface area contributed by atoms with Crippen molar-refractivity contribution < 1.29 is 23.9 Å². The summed E-state index contributed by atoms with van der Waals surface area (Å²) in [6.07, 6.45) is 0.493. The van der Waals surface area contributed by atoms with Gasteiger partial charge in [-0.3, -0.25) is 9.59 Å². The van der Waals surface area contributed by atoms with Crippen LogP contribution < -0.4 is 0 Å². The number of rotatable bonds is 7. The Bertz CT molecular complexity index is 234. The molecular weight excluding hydrogens is 200 g/mol. The van der Waals surface area contributed by atoms with E-state index in [1.807, 2.05) is 0 Å². The number of hydrogen-bond donors (Lipinski definition) is 0. The largest absolute Gasteiger partial charge is 0.466 e. The molecule has 0 aliphatic carbocycles. The van der Waals surface area contributed by atoms with Crippen LogP contribution in [0, 0.1) is 0 Å². The molecule has 0 spiro atoms. The van der Waals surface area contributed by atoms with Gasteiger partial charge in [0.15, 0.2) is 0 Å². The van der Waals surface area contributed by atoms with Gasteiger partial charge in [-0.15, -0.1) is 0 Å². The van der Waals surface area contributed by atoms with Crippen molar-refractivity contribution in [3.05, 3.63) is 0 Å². The molecule has 0 heterocycles. The van der Waals surface area contributed by atoms with Crippen LogP contribution in [0.3, 0.4) is 0 Å². The van der Waals surface area contributed by atoms with Crippen molar-refractivity contribution in [3.63, 3.8) is 0 Å². The van der Waals surface area contributed by atoms with Gasteiger partial charge in [0.05, 0.1) is 13.2 Å². The summed E-state index contributed by atoms with van der Waals surface area (Å²) < 4.78 is 9.17. The van der Waals surface area contributed by atoms with Gasteiger partial charge in [0.25, 0.3) is 0 Å². The van der Waals surface area contributed by atoms with Crippen molar-refractivity contribution >= 4 is 17.7 Å². The van der Waals surface area contributed by atoms with Crippen molar-refractivity contribution in [1.29, 1.82) is 0 Å². The first kappa shape index (κ1) is 13.6. The quantitative estimate of drug-likeness (QED) is 0.466. The lowest BCUT2D eigenvalue weighted by molar-refractivity contribution is -0.153. The smallest absolute Gasteiger partial charge is 0.374 e. The Kier molecular flexibility index (Phi) is 7.23. The molecule has 0 rings (SSSR count). The average Bonchev–Trinajstić information content (AvgIpc) is 2.18. The summed E-state index contributed by atoms with van der Waals surface area (Å²) in [7, 11) is 0. The van der Waals surface area contributed by atoms with Gasteiger partial charge in [-0.2, -0.15) is 0 Å². The van der Waals surface area contributed by atoms with Crippen molar-refractivity contribution in [1.82, 2.24) is 0 Å². The maximum Gasteiger partial charge on any atom is 0.374 e. The van der Waals surface area contributed by atoms with Crippen LogP contribution in [0.1, 0.15) is 33.1 Å². The Balaban J connectivity index is 3.63. The number of hydrogen-bond acceptors (Lipinski definition) is 5. The van der Waals surface area contributed by atoms with Gasteiger partial charge in [-0.05, 0) is 20.3 Å². The summed E-state index contributed by atoms with van der Waals surface area (Å²) in [5.41, 5.74) is 0. The van der Waals surface area contributed by atoms with Gasteiger partial charge < -0.3 is 9.47 Å². The Labute approximate surface area is 88.7 Å². The standard InChI is InChI=1S/C10H16O5/c1-3-14-9(12)7-5-6-8(11)10(13)15-4-2/h3-7H2,1-2H3. The molecule has 0 saturated heterocycles. The summed E-state index contributed by atoms with van der Waals surface area (Å²) >= 11 is 0. The Morgan fingerprint density at radius 2 is 1.53 bits per heavy atom. The Morgan fingerprint density at radius 3 is 2.07 bits per heavy atom. The lowest BCUT2D eigenvalue weighted by Gasteiger charge is -2.01. The normalized spacial score (nSPS) is 9.47. The summed E-state index contributed by atoms with van der Waals surface area (Å²) in [5, 5.41) is 0. The molecule has 0 unspecified atom stereocenters. The summed E-state index contributed by atoms with van der Waals surface area (Å²) in [4.78, 5) is 32.8. The molecule has 0 radical (unpaired) electrons. The summed E-state index contributed by atoms with van der Waals surface area (Å²) in [5.74, 6) is -1.78. The maximum absolute atomic E-state index is 11.0. The zero-order valence-electron chi connectivity index (χ0n) is 9.08. The van der Waals surface area contributed by atoms with E-state index in [9.17, 15) is 14.4 Å². The molecule has 5 nitrogen and oxygen atoms in total. The lowest BCUT2D eigenvalue weighted by atomic mass is 10.2. The fraction of sp³-hybridized carbons (Fsp3) is 0.700. The Hall–Kier alpha value is -1.39. The first-order chi connectivity index (χ1) is 7.11. The zero-order chi connectivity index (χ0) is 11.7. The minimum atomic E-state index is -0.832. The van der Waals surface area contributed by atoms with Gasteiger partial charge in [-0.1, -0.05) is 0 Å². The number of Topliss-reactive ketones (excluding diaryl/α,β-unsaturated/α-hetero) is 1. The topological polar surface area (TPSA) is 69.7 Å². The number of ether oxygens (including phenoxy) is 2. The molecule has 0 N–H and O–H groups in total. The first-order valence-corrected chi connectivity index (χ1v) is 4.97. The summed E-state index contributed by atoms with van der Waals surface area (Å²) in [6.45, 7) is 3.85. The van der Waals surface area contributed by atoms with E-state index in [4.69, 9.17) is 0 Å². The van der Waals surface area contributed by atoms with Gasteiger partial charge in [0.1, 0.15) is 0 Å². The molecule has 0 aliphatic rings. The maximum atomic E-state index is 11.0. The van der Waals surface area contributed by atoms with Crippen molar-refractivity contribution in [2.75, 3.05) is 13.2 Å². The molecule has 0 fully saturated rings. The third kappa shape index (κ3) is 6.65. The monoisotopic (exact) mass is 216 g/mol. The van der Waals surface area contributed by atoms with Crippen LogP contribution >= 0.6 is 0 Å². The molecule has 0 saturated carbocycles. The third-order valence-corrected chi connectivity index (χ3v) is 1.59. The lowest BCUT2D eigenvalue weighted by Crippen LogP contribution is -2.17. The van der Waals surface area contributed by atoms with Crippen molar-refractivity contribution in [2.45, 2.75) is 33.1 Å². The van der Waals surface area contributed by atoms with E-state index in [1.165, 1.54) is 0 Å². The minimum absolute atomic E-state index is 0.0254. The second-order valence-electron chi connectivity index (χ2n) is 2.80. The van der Waals surface area contributed by atoms with Gasteiger partial charge in [0.2, 0.25) is 5.78 Å². The van der Waals surface area contributed by atoms with E-state index < -0.39 is 11.8 Å². The first-order valence-electron chi connectivity index (χ1n) is 4.97. The molecule has 86 valence electrons. The SMILES string of the molecule is CCOC(=O)CCCC(=O)C(=O)OCC. The van der Waals surface area contributed by atoms with E-state index >= 15 is 0 Å². The molecule has 0 aromatic heterocycles. The van der Waals surface area contributed by atoms with Crippen LogP contribution in [0.15, 0.2) is 0 Å². The van der Waals surface area contributed by atoms with Crippen LogP contribution in [-0.4, -0.2) is 30.9 Å². The predicted molar refractivity (Wildman–Crippen MR) is 52.1 cm³/mol. The molecule has 0 bridgehead atoms. The predicted octanol–water partition coefficient (Wildman–Crippen LogP) is 0.852. The molecule has 0 aliphatic heterocycles. The molecule has 0 aromatic carbocycles. The minimum Gasteiger partial charge on any atom is -0.466 e. The number of ketones is 1. The highest BCUT2D eigenvalue weighted by atomic mass is 16.5. The van der Waals surface area contributed by atoms with Gasteiger partial charge in [0, 0.05) is 12.8 Å². The van der Waals surface area contributed by atoms with E-state index in [2.05, 4.69) is 9.47 Å². The van der Waals surface area contributed by atoms with E-state index in [-0.39, 0.29) is 25.4 Å². The molecular formula is C10H16O5. The zero-order valence-corrected chi connectivity index (χ0v) is 9.08. The molecule has 15 heavy (non-hydrogen) atoms. The fourth-order valence-electron chi connectivity index (χ4n) is 0.940. The van der Waals surface area contributed by atoms with Crippen molar-refractivity contribution in [3.8, 4) is 0 Å². The highest BCUT2D eigenvalue weighted by Gasteiger charge is 2.14. The highest BCUT2D eigenvalue weighted by molar-refractivity contribution is 6.33. The van der Waals surface area contributed by atoms with Gasteiger partial charge in [-0.25, -0.2) is 4.79 Å². The van der Waals surface area contributed by atoms with Crippen LogP contribution in [0.4, 0.5) is 0 Å². The van der Waals surface area contributed by atoms with E-state index in [1.54, 1.807) is 13.8 Å². The molecule has 5 heteroatoms. The number of carbonyl (C=O) groups excluding carboxylic acids is 3. The van der Waals surface area contributed by atoms with Crippen LogP contribution in [0.5, 0.6) is 0 Å². The Morgan fingerprint density at radius 1 is 0.933 bits per heavy atom. The highest BCUT2D eigenvalue weighted by Crippen LogP contribution is 2.00. The third-order valence-electron chi connectivity index (χ3n) is 1.59. The second kappa shape index (κ2) is 7.96. The van der Waals surface area contributed by atoms with E-state index in [0.29, 0.717) is 13.0 Å².